The molecule has 0 radical (unpaired) electrons. The summed E-state index contributed by atoms with van der Waals surface area (Å²) in [5, 5.41) is 3.42. The number of carbonyl (C=O) groups is 1. The number of hydrogen-bond acceptors (Lipinski definition) is 3. The summed E-state index contributed by atoms with van der Waals surface area (Å²) < 4.78 is 6.07. The molecule has 3 heterocycles. The van der Waals surface area contributed by atoms with E-state index >= 15 is 0 Å². The standard InChI is InChI=1S/C20H26N2O2.ClH/c1-15-6-11-24-20(13-15)7-9-22(10-8-20)19(23)18-12-16-4-2-3-5-17(16)14-21-18;/h2-5,13,18,21H,6-12,14H2,1H3;1H/t18-;/m1./s1. The van der Waals surface area contributed by atoms with Crippen LogP contribution in [0.1, 0.15) is 37.3 Å². The van der Waals surface area contributed by atoms with Gasteiger partial charge < -0.3 is 15.0 Å². The Labute approximate surface area is 156 Å². The maximum Gasteiger partial charge on any atom is 0.240 e. The van der Waals surface area contributed by atoms with Crippen LogP contribution in [0.15, 0.2) is 35.9 Å². The topological polar surface area (TPSA) is 41.6 Å². The number of halogens is 1. The van der Waals surface area contributed by atoms with Crippen molar-refractivity contribution in [2.24, 2.45) is 0 Å². The van der Waals surface area contributed by atoms with Crippen LogP contribution in [-0.4, -0.2) is 42.1 Å². The van der Waals surface area contributed by atoms with Gasteiger partial charge >= 0.3 is 0 Å². The number of fused-ring (bicyclic) bond motifs is 1. The number of hydrogen-bond donors (Lipinski definition) is 1. The number of amides is 1. The van der Waals surface area contributed by atoms with E-state index in [9.17, 15) is 4.79 Å². The molecule has 4 nitrogen and oxygen atoms in total. The first kappa shape index (κ1) is 18.4. The van der Waals surface area contributed by atoms with Gasteiger partial charge in [-0.15, -0.1) is 12.4 Å². The van der Waals surface area contributed by atoms with Gasteiger partial charge in [-0.25, -0.2) is 0 Å². The normalized spacial score (nSPS) is 24.9. The second kappa shape index (κ2) is 7.48. The van der Waals surface area contributed by atoms with Gasteiger partial charge in [0, 0.05) is 19.6 Å². The molecule has 3 aliphatic rings. The summed E-state index contributed by atoms with van der Waals surface area (Å²) in [5.74, 6) is 0.246. The van der Waals surface area contributed by atoms with Crippen LogP contribution in [0.4, 0.5) is 0 Å². The van der Waals surface area contributed by atoms with Crippen molar-refractivity contribution in [3.05, 3.63) is 47.0 Å². The van der Waals surface area contributed by atoms with Gasteiger partial charge in [-0.2, -0.15) is 0 Å². The van der Waals surface area contributed by atoms with Crippen molar-refractivity contribution in [1.82, 2.24) is 10.2 Å². The molecule has 0 unspecified atom stereocenters. The van der Waals surface area contributed by atoms with Gasteiger partial charge in [0.2, 0.25) is 5.91 Å². The highest BCUT2D eigenvalue weighted by Crippen LogP contribution is 2.33. The maximum atomic E-state index is 12.9. The lowest BCUT2D eigenvalue weighted by molar-refractivity contribution is -0.138. The molecule has 25 heavy (non-hydrogen) atoms. The molecule has 1 aromatic carbocycles. The average Bonchev–Trinajstić information content (AvgIpc) is 2.61. The second-order valence-electron chi connectivity index (χ2n) is 7.39. The summed E-state index contributed by atoms with van der Waals surface area (Å²) >= 11 is 0. The Balaban J connectivity index is 0.00000182. The van der Waals surface area contributed by atoms with Crippen molar-refractivity contribution in [2.45, 2.75) is 50.8 Å². The largest absolute Gasteiger partial charge is 0.370 e. The SMILES string of the molecule is CC1=CC2(CCN(C(=O)[C@H]3Cc4ccccc4CN3)CC2)OCC1.Cl. The van der Waals surface area contributed by atoms with Gasteiger partial charge in [-0.05, 0) is 43.7 Å². The van der Waals surface area contributed by atoms with E-state index in [1.54, 1.807) is 0 Å². The summed E-state index contributed by atoms with van der Waals surface area (Å²) in [5.41, 5.74) is 3.92. The lowest BCUT2D eigenvalue weighted by Crippen LogP contribution is -2.54. The Morgan fingerprint density at radius 3 is 2.68 bits per heavy atom. The number of nitrogens with one attached hydrogen (secondary N) is 1. The molecule has 0 aliphatic carbocycles. The number of nitrogens with zero attached hydrogens (tertiary/aromatic N) is 1. The Kier molecular flexibility index (Phi) is 5.52. The molecule has 1 aromatic rings. The molecule has 1 N–H and O–H groups in total. The van der Waals surface area contributed by atoms with E-state index in [1.165, 1.54) is 16.7 Å². The molecule has 5 heteroatoms. The van der Waals surface area contributed by atoms with Crippen LogP contribution < -0.4 is 5.32 Å². The molecule has 1 amide bonds. The molecule has 1 spiro atoms. The third kappa shape index (κ3) is 3.76. The van der Waals surface area contributed by atoms with Crippen molar-refractivity contribution in [3.63, 3.8) is 0 Å². The first-order valence-corrected chi connectivity index (χ1v) is 9.06. The summed E-state index contributed by atoms with van der Waals surface area (Å²) in [6, 6.07) is 8.32. The zero-order valence-electron chi connectivity index (χ0n) is 14.8. The number of carbonyl (C=O) groups excluding carboxylic acids is 1. The molecule has 3 aliphatic heterocycles. The van der Waals surface area contributed by atoms with E-state index in [0.717, 1.165) is 51.9 Å². The van der Waals surface area contributed by atoms with Gasteiger partial charge in [-0.1, -0.05) is 35.9 Å². The van der Waals surface area contributed by atoms with Crippen LogP contribution >= 0.6 is 12.4 Å². The van der Waals surface area contributed by atoms with Crippen molar-refractivity contribution in [2.75, 3.05) is 19.7 Å². The predicted octanol–water partition coefficient (Wildman–Crippen LogP) is 2.85. The van der Waals surface area contributed by atoms with Crippen LogP contribution in [-0.2, 0) is 22.5 Å². The molecule has 0 saturated carbocycles. The van der Waals surface area contributed by atoms with E-state index in [2.05, 4.69) is 42.6 Å². The van der Waals surface area contributed by atoms with Gasteiger partial charge in [-0.3, -0.25) is 4.79 Å². The van der Waals surface area contributed by atoms with Crippen molar-refractivity contribution < 1.29 is 9.53 Å². The van der Waals surface area contributed by atoms with Crippen LogP contribution in [0.5, 0.6) is 0 Å². The summed E-state index contributed by atoms with van der Waals surface area (Å²) in [7, 11) is 0. The summed E-state index contributed by atoms with van der Waals surface area (Å²) in [6.07, 6.45) is 5.97. The Morgan fingerprint density at radius 1 is 1.24 bits per heavy atom. The first-order valence-electron chi connectivity index (χ1n) is 9.06. The summed E-state index contributed by atoms with van der Waals surface area (Å²) in [4.78, 5) is 14.9. The molecule has 0 bridgehead atoms. The quantitative estimate of drug-likeness (QED) is 0.781. The Bertz CT molecular complexity index is 665. The molecule has 1 atom stereocenters. The molecule has 1 fully saturated rings. The Hall–Kier alpha value is -1.36. The second-order valence-corrected chi connectivity index (χ2v) is 7.39. The minimum atomic E-state index is -0.119. The fraction of sp³-hybridized carbons (Fsp3) is 0.550. The predicted molar refractivity (Wildman–Crippen MR) is 101 cm³/mol. The zero-order chi connectivity index (χ0) is 16.6. The van der Waals surface area contributed by atoms with E-state index in [0.29, 0.717) is 0 Å². The van der Waals surface area contributed by atoms with Gasteiger partial charge in [0.15, 0.2) is 0 Å². The van der Waals surface area contributed by atoms with Gasteiger partial charge in [0.05, 0.1) is 18.2 Å². The van der Waals surface area contributed by atoms with E-state index in [-0.39, 0.29) is 30.0 Å². The molecule has 0 aromatic heterocycles. The molecule has 4 rings (SSSR count). The third-order valence-corrected chi connectivity index (χ3v) is 5.70. The van der Waals surface area contributed by atoms with E-state index < -0.39 is 0 Å². The first-order chi connectivity index (χ1) is 11.7. The zero-order valence-corrected chi connectivity index (χ0v) is 15.6. The molecular formula is C20H27ClN2O2. The fourth-order valence-corrected chi connectivity index (χ4v) is 4.22. The minimum Gasteiger partial charge on any atom is -0.370 e. The molecular weight excluding hydrogens is 336 g/mol. The number of benzene rings is 1. The Morgan fingerprint density at radius 2 is 1.96 bits per heavy atom. The third-order valence-electron chi connectivity index (χ3n) is 5.70. The maximum absolute atomic E-state index is 12.9. The van der Waals surface area contributed by atoms with Crippen molar-refractivity contribution >= 4 is 18.3 Å². The lowest BCUT2D eigenvalue weighted by atomic mass is 9.86. The van der Waals surface area contributed by atoms with Crippen LogP contribution in [0.3, 0.4) is 0 Å². The van der Waals surface area contributed by atoms with Crippen LogP contribution in [0.2, 0.25) is 0 Å². The van der Waals surface area contributed by atoms with Gasteiger partial charge in [0.25, 0.3) is 0 Å². The van der Waals surface area contributed by atoms with E-state index in [4.69, 9.17) is 4.74 Å². The number of ether oxygens (including phenoxy) is 1. The van der Waals surface area contributed by atoms with Gasteiger partial charge in [0.1, 0.15) is 0 Å². The lowest BCUT2D eigenvalue weighted by Gasteiger charge is -2.43. The highest BCUT2D eigenvalue weighted by molar-refractivity contribution is 5.85. The average molecular weight is 363 g/mol. The highest BCUT2D eigenvalue weighted by Gasteiger charge is 2.38. The number of rotatable bonds is 1. The van der Waals surface area contributed by atoms with Crippen LogP contribution in [0.25, 0.3) is 0 Å². The minimum absolute atomic E-state index is 0. The highest BCUT2D eigenvalue weighted by atomic mass is 35.5. The van der Waals surface area contributed by atoms with Crippen LogP contribution in [0, 0.1) is 0 Å². The smallest absolute Gasteiger partial charge is 0.240 e. The molecule has 1 saturated heterocycles. The van der Waals surface area contributed by atoms with E-state index in [1.807, 2.05) is 4.90 Å². The monoisotopic (exact) mass is 362 g/mol. The molecule has 136 valence electrons. The summed E-state index contributed by atoms with van der Waals surface area (Å²) in [6.45, 7) is 5.38. The number of piperidine rings is 1. The van der Waals surface area contributed by atoms with Crippen molar-refractivity contribution in [1.29, 1.82) is 0 Å². The fourth-order valence-electron chi connectivity index (χ4n) is 4.22. The van der Waals surface area contributed by atoms with Crippen molar-refractivity contribution in [3.8, 4) is 0 Å². The number of likely N-dealkylation sites (tertiary alicyclic amines) is 1.